The summed E-state index contributed by atoms with van der Waals surface area (Å²) < 4.78 is 63.9. The highest BCUT2D eigenvalue weighted by molar-refractivity contribution is 8.00. The summed E-state index contributed by atoms with van der Waals surface area (Å²) in [5.74, 6) is 0.205. The number of halogens is 4. The first kappa shape index (κ1) is 20.6. The summed E-state index contributed by atoms with van der Waals surface area (Å²) in [6, 6.07) is 4.49. The largest absolute Gasteiger partial charge is 0.446 e. The molecule has 1 aliphatic heterocycles. The maximum Gasteiger partial charge on any atom is 0.446 e. The summed E-state index contributed by atoms with van der Waals surface area (Å²) in [4.78, 5) is -0.0732. The Kier molecular flexibility index (Phi) is 7.21. The van der Waals surface area contributed by atoms with Crippen molar-refractivity contribution in [1.82, 2.24) is 10.0 Å². The molecule has 1 fully saturated rings. The van der Waals surface area contributed by atoms with Crippen LogP contribution < -0.4 is 10.0 Å². The minimum Gasteiger partial charge on any atom is -0.315 e. The summed E-state index contributed by atoms with van der Waals surface area (Å²) >= 11 is -0.269. The minimum atomic E-state index is -4.39. The molecule has 1 aliphatic rings. The van der Waals surface area contributed by atoms with Gasteiger partial charge in [0.1, 0.15) is 0 Å². The van der Waals surface area contributed by atoms with Gasteiger partial charge in [0.15, 0.2) is 0 Å². The van der Waals surface area contributed by atoms with E-state index in [4.69, 9.17) is 0 Å². The Morgan fingerprint density at radius 2 is 1.87 bits per heavy atom. The van der Waals surface area contributed by atoms with Crippen LogP contribution in [0.4, 0.5) is 13.2 Å². The predicted octanol–water partition coefficient (Wildman–Crippen LogP) is 3.00. The number of thioether (sulfide) groups is 1. The van der Waals surface area contributed by atoms with E-state index in [2.05, 4.69) is 10.0 Å². The number of hydrogen-bond acceptors (Lipinski definition) is 4. The van der Waals surface area contributed by atoms with Crippen molar-refractivity contribution in [2.45, 2.75) is 34.7 Å². The van der Waals surface area contributed by atoms with Crippen LogP contribution in [0.5, 0.6) is 0 Å². The minimum absolute atomic E-state index is 0. The molecule has 0 aliphatic carbocycles. The molecule has 1 aromatic rings. The Bertz CT molecular complexity index is 609. The van der Waals surface area contributed by atoms with Crippen LogP contribution in [0.3, 0.4) is 0 Å². The third-order valence-electron chi connectivity index (χ3n) is 3.50. The predicted molar refractivity (Wildman–Crippen MR) is 86.4 cm³/mol. The number of alkyl halides is 3. The molecule has 0 bridgehead atoms. The average Bonchev–Trinajstić information content (AvgIpc) is 2.40. The molecular formula is C13H18ClF3N2O2S2. The Hall–Kier alpha value is -0.480. The van der Waals surface area contributed by atoms with Gasteiger partial charge in [-0.05, 0) is 54.9 Å². The van der Waals surface area contributed by atoms with Crippen LogP contribution in [0.25, 0.3) is 0 Å². The Labute approximate surface area is 144 Å². The Morgan fingerprint density at radius 1 is 1.26 bits per heavy atom. The highest BCUT2D eigenvalue weighted by atomic mass is 35.5. The lowest BCUT2D eigenvalue weighted by Gasteiger charge is -2.29. The fraction of sp³-hybridized carbons (Fsp3) is 0.538. The molecule has 2 unspecified atom stereocenters. The van der Waals surface area contributed by atoms with E-state index >= 15 is 0 Å². The van der Waals surface area contributed by atoms with Crippen LogP contribution in [0.15, 0.2) is 34.1 Å². The standard InChI is InChI=1S/C13H17F3N2O2S2.ClH/c1-9-6-7-17-8-12(9)18-22(19,20)11-4-2-10(3-5-11)21-13(14,15)16;/h2-5,9,12,17-18H,6-8H2,1H3;1H. The van der Waals surface area contributed by atoms with E-state index in [1.54, 1.807) is 0 Å². The van der Waals surface area contributed by atoms with E-state index in [0.717, 1.165) is 25.1 Å². The van der Waals surface area contributed by atoms with E-state index in [9.17, 15) is 21.6 Å². The van der Waals surface area contributed by atoms with Crippen LogP contribution in [-0.4, -0.2) is 33.1 Å². The molecule has 0 saturated carbocycles. The lowest BCUT2D eigenvalue weighted by atomic mass is 9.96. The number of sulfonamides is 1. The van der Waals surface area contributed by atoms with Crippen molar-refractivity contribution >= 4 is 34.2 Å². The summed E-state index contributed by atoms with van der Waals surface area (Å²) in [6.07, 6.45) is 0.869. The lowest BCUT2D eigenvalue weighted by Crippen LogP contribution is -2.50. The second-order valence-corrected chi connectivity index (χ2v) is 8.07. The van der Waals surface area contributed by atoms with Gasteiger partial charge in [-0.2, -0.15) is 13.2 Å². The van der Waals surface area contributed by atoms with Crippen molar-refractivity contribution in [1.29, 1.82) is 0 Å². The number of benzene rings is 1. The van der Waals surface area contributed by atoms with E-state index in [-0.39, 0.29) is 45.9 Å². The van der Waals surface area contributed by atoms with Gasteiger partial charge in [0.25, 0.3) is 0 Å². The first-order valence-electron chi connectivity index (χ1n) is 6.76. The zero-order valence-electron chi connectivity index (χ0n) is 12.3. The highest BCUT2D eigenvalue weighted by Crippen LogP contribution is 2.36. The van der Waals surface area contributed by atoms with Gasteiger partial charge in [0, 0.05) is 17.5 Å². The number of hydrogen-bond donors (Lipinski definition) is 2. The molecule has 1 aromatic carbocycles. The van der Waals surface area contributed by atoms with Gasteiger partial charge in [0.2, 0.25) is 10.0 Å². The van der Waals surface area contributed by atoms with Gasteiger partial charge in [0.05, 0.1) is 4.90 Å². The molecule has 2 rings (SSSR count). The van der Waals surface area contributed by atoms with E-state index in [1.165, 1.54) is 12.1 Å². The molecule has 10 heteroatoms. The molecule has 1 heterocycles. The van der Waals surface area contributed by atoms with E-state index in [0.29, 0.717) is 6.54 Å². The molecule has 0 spiro atoms. The second kappa shape index (κ2) is 8.06. The Morgan fingerprint density at radius 3 is 2.39 bits per heavy atom. The maximum absolute atomic E-state index is 12.3. The van der Waals surface area contributed by atoms with Gasteiger partial charge in [-0.3, -0.25) is 0 Å². The monoisotopic (exact) mass is 390 g/mol. The first-order valence-corrected chi connectivity index (χ1v) is 9.06. The average molecular weight is 391 g/mol. The third kappa shape index (κ3) is 6.15. The van der Waals surface area contributed by atoms with Gasteiger partial charge in [-0.1, -0.05) is 6.92 Å². The molecule has 2 N–H and O–H groups in total. The SMILES string of the molecule is CC1CCNCC1NS(=O)(=O)c1ccc(SC(F)(F)F)cc1.Cl. The van der Waals surface area contributed by atoms with Crippen LogP contribution in [0.1, 0.15) is 13.3 Å². The van der Waals surface area contributed by atoms with E-state index in [1.807, 2.05) is 6.92 Å². The van der Waals surface area contributed by atoms with Gasteiger partial charge in [-0.15, -0.1) is 12.4 Å². The van der Waals surface area contributed by atoms with Gasteiger partial charge >= 0.3 is 5.51 Å². The quantitative estimate of drug-likeness (QED) is 0.776. The summed E-state index contributed by atoms with van der Waals surface area (Å²) in [5, 5.41) is 3.12. The number of nitrogens with one attached hydrogen (secondary N) is 2. The fourth-order valence-corrected chi connectivity index (χ4v) is 4.12. The van der Waals surface area contributed by atoms with Crippen LogP contribution in [-0.2, 0) is 10.0 Å². The topological polar surface area (TPSA) is 58.2 Å². The summed E-state index contributed by atoms with van der Waals surface area (Å²) in [6.45, 7) is 3.36. The van der Waals surface area contributed by atoms with Crippen molar-refractivity contribution in [3.63, 3.8) is 0 Å². The fourth-order valence-electron chi connectivity index (χ4n) is 2.24. The van der Waals surface area contributed by atoms with Gasteiger partial charge < -0.3 is 5.32 Å². The zero-order valence-corrected chi connectivity index (χ0v) is 14.7. The molecule has 1 saturated heterocycles. The van der Waals surface area contributed by atoms with Crippen molar-refractivity contribution in [3.05, 3.63) is 24.3 Å². The van der Waals surface area contributed by atoms with E-state index < -0.39 is 15.5 Å². The normalized spacial score (nSPS) is 22.4. The van der Waals surface area contributed by atoms with Crippen LogP contribution in [0.2, 0.25) is 0 Å². The number of piperidine rings is 1. The molecule has 4 nitrogen and oxygen atoms in total. The van der Waals surface area contributed by atoms with Gasteiger partial charge in [-0.25, -0.2) is 13.1 Å². The second-order valence-electron chi connectivity index (χ2n) is 5.22. The number of rotatable bonds is 4. The summed E-state index contributed by atoms with van der Waals surface area (Å²) in [7, 11) is -3.73. The van der Waals surface area contributed by atoms with Crippen molar-refractivity contribution < 1.29 is 21.6 Å². The van der Waals surface area contributed by atoms with Crippen LogP contribution in [0, 0.1) is 5.92 Å². The zero-order chi connectivity index (χ0) is 16.4. The highest BCUT2D eigenvalue weighted by Gasteiger charge is 2.30. The first-order chi connectivity index (χ1) is 10.2. The van der Waals surface area contributed by atoms with Crippen molar-refractivity contribution in [3.8, 4) is 0 Å². The van der Waals surface area contributed by atoms with Crippen molar-refractivity contribution in [2.75, 3.05) is 13.1 Å². The lowest BCUT2D eigenvalue weighted by molar-refractivity contribution is -0.0328. The molecule has 132 valence electrons. The molecule has 0 radical (unpaired) electrons. The molecule has 0 amide bonds. The van der Waals surface area contributed by atoms with Crippen LogP contribution >= 0.6 is 24.2 Å². The smallest absolute Gasteiger partial charge is 0.315 e. The summed E-state index contributed by atoms with van der Waals surface area (Å²) in [5.41, 5.74) is -4.39. The molecule has 23 heavy (non-hydrogen) atoms. The molecule has 2 atom stereocenters. The van der Waals surface area contributed by atoms with Crippen molar-refractivity contribution in [2.24, 2.45) is 5.92 Å². The third-order valence-corrected chi connectivity index (χ3v) is 5.75. The Balaban J connectivity index is 0.00000264. The molecule has 0 aromatic heterocycles. The maximum atomic E-state index is 12.3. The molecular weight excluding hydrogens is 373 g/mol.